The van der Waals surface area contributed by atoms with E-state index >= 15 is 0 Å². The van der Waals surface area contributed by atoms with E-state index in [1.807, 2.05) is 4.98 Å². The molecular formula is C9H4ClF4N3O2. The van der Waals surface area contributed by atoms with E-state index in [1.165, 1.54) is 0 Å². The summed E-state index contributed by atoms with van der Waals surface area (Å²) in [5, 5.41) is 6.86. The zero-order valence-electron chi connectivity index (χ0n) is 8.83. The molecular weight excluding hydrogens is 294 g/mol. The van der Waals surface area contributed by atoms with Crippen LogP contribution in [-0.4, -0.2) is 14.9 Å². The van der Waals surface area contributed by atoms with E-state index < -0.39 is 39.3 Å². The molecule has 2 aromatic rings. The zero-order valence-corrected chi connectivity index (χ0v) is 9.59. The normalized spacial score (nSPS) is 12.3. The molecule has 0 fully saturated rings. The van der Waals surface area contributed by atoms with Crippen LogP contribution in [0.2, 0.25) is 0 Å². The predicted molar refractivity (Wildman–Crippen MR) is 57.5 cm³/mol. The molecule has 10 heteroatoms. The van der Waals surface area contributed by atoms with Crippen LogP contribution in [0.15, 0.2) is 12.1 Å². The van der Waals surface area contributed by atoms with Crippen molar-refractivity contribution >= 4 is 28.3 Å². The second kappa shape index (κ2) is 4.34. The van der Waals surface area contributed by atoms with Gasteiger partial charge >= 0.3 is 5.38 Å². The number of hydrogen-bond acceptors (Lipinski definition) is 3. The van der Waals surface area contributed by atoms with Crippen molar-refractivity contribution in [2.75, 3.05) is 0 Å². The molecule has 0 saturated carbocycles. The average Bonchev–Trinajstić information content (AvgIpc) is 2.70. The van der Waals surface area contributed by atoms with Crippen LogP contribution in [0.1, 0.15) is 17.8 Å². The second-order valence-electron chi connectivity index (χ2n) is 3.58. The molecule has 0 amide bonds. The standard InChI is InChI=1S/C9H4ClF4N3O2/c10-9(13,14)8-15-4-1-3(7(11)12)2-5(17(18)19)6(4)16-8/h1-2,7H,(H,15,16). The van der Waals surface area contributed by atoms with Crippen LogP contribution in [0.4, 0.5) is 23.2 Å². The number of nitrogens with one attached hydrogen (secondary N) is 1. The summed E-state index contributed by atoms with van der Waals surface area (Å²) in [6, 6.07) is 1.40. The van der Waals surface area contributed by atoms with Crippen LogP contribution < -0.4 is 0 Å². The Hall–Kier alpha value is -1.90. The Balaban J connectivity index is 2.75. The number of hydrogen-bond donors (Lipinski definition) is 1. The highest BCUT2D eigenvalue weighted by Gasteiger charge is 2.33. The lowest BCUT2D eigenvalue weighted by Gasteiger charge is -2.00. The van der Waals surface area contributed by atoms with E-state index in [2.05, 4.69) is 4.98 Å². The molecule has 1 heterocycles. The highest BCUT2D eigenvalue weighted by molar-refractivity contribution is 6.21. The number of H-pyrrole nitrogens is 1. The van der Waals surface area contributed by atoms with Gasteiger partial charge in [0.15, 0.2) is 11.3 Å². The Labute approximate surface area is 107 Å². The number of nitrogens with zero attached hydrogens (tertiary/aromatic N) is 2. The first-order valence-corrected chi connectivity index (χ1v) is 5.11. The maximum Gasteiger partial charge on any atom is 0.379 e. The van der Waals surface area contributed by atoms with Crippen molar-refractivity contribution in [2.24, 2.45) is 0 Å². The van der Waals surface area contributed by atoms with E-state index in [0.717, 1.165) is 6.07 Å². The summed E-state index contributed by atoms with van der Waals surface area (Å²) in [6.45, 7) is 0. The number of imidazole rings is 1. The van der Waals surface area contributed by atoms with Crippen LogP contribution in [0.3, 0.4) is 0 Å². The first kappa shape index (κ1) is 13.5. The van der Waals surface area contributed by atoms with Crippen molar-refractivity contribution in [3.63, 3.8) is 0 Å². The molecule has 0 atom stereocenters. The van der Waals surface area contributed by atoms with E-state index in [-0.39, 0.29) is 5.52 Å². The maximum absolute atomic E-state index is 12.8. The summed E-state index contributed by atoms with van der Waals surface area (Å²) in [5.41, 5.74) is -2.23. The van der Waals surface area contributed by atoms with Gasteiger partial charge in [0, 0.05) is 11.6 Å². The molecule has 2 rings (SSSR count). The Kier molecular flexibility index (Phi) is 3.09. The molecule has 1 N–H and O–H groups in total. The fraction of sp³-hybridized carbons (Fsp3) is 0.222. The summed E-state index contributed by atoms with van der Waals surface area (Å²) < 4.78 is 50.8. The van der Waals surface area contributed by atoms with Crippen molar-refractivity contribution in [3.8, 4) is 0 Å². The first-order chi connectivity index (χ1) is 8.70. The number of aromatic amines is 1. The molecule has 0 saturated heterocycles. The third-order valence-electron chi connectivity index (χ3n) is 2.31. The molecule has 1 aromatic carbocycles. The monoisotopic (exact) mass is 297 g/mol. The van der Waals surface area contributed by atoms with Gasteiger partial charge < -0.3 is 4.98 Å². The number of benzene rings is 1. The van der Waals surface area contributed by atoms with E-state index in [1.54, 1.807) is 0 Å². The number of fused-ring (bicyclic) bond motifs is 1. The lowest BCUT2D eigenvalue weighted by molar-refractivity contribution is -0.383. The number of halogens is 5. The fourth-order valence-electron chi connectivity index (χ4n) is 1.52. The Bertz CT molecular complexity index is 653. The van der Waals surface area contributed by atoms with E-state index in [4.69, 9.17) is 11.6 Å². The Morgan fingerprint density at radius 3 is 2.53 bits per heavy atom. The first-order valence-electron chi connectivity index (χ1n) is 4.73. The third kappa shape index (κ3) is 2.46. The summed E-state index contributed by atoms with van der Waals surface area (Å²) in [4.78, 5) is 15.0. The number of non-ortho nitro benzene ring substituents is 1. The zero-order chi connectivity index (χ0) is 14.4. The van der Waals surface area contributed by atoms with Crippen LogP contribution in [0, 0.1) is 10.1 Å². The molecule has 0 bridgehead atoms. The molecule has 5 nitrogen and oxygen atoms in total. The van der Waals surface area contributed by atoms with Gasteiger partial charge in [0.2, 0.25) is 0 Å². The largest absolute Gasteiger partial charge is 0.379 e. The molecule has 0 radical (unpaired) electrons. The molecule has 0 aliphatic carbocycles. The van der Waals surface area contributed by atoms with Gasteiger partial charge in [0.05, 0.1) is 10.4 Å². The number of nitro benzene ring substituents is 1. The molecule has 0 unspecified atom stereocenters. The molecule has 0 spiro atoms. The molecule has 1 aromatic heterocycles. The maximum atomic E-state index is 12.8. The summed E-state index contributed by atoms with van der Waals surface area (Å²) >= 11 is 4.72. The minimum Gasteiger partial charge on any atom is -0.336 e. The van der Waals surface area contributed by atoms with Gasteiger partial charge in [-0.3, -0.25) is 10.1 Å². The average molecular weight is 298 g/mol. The number of nitro groups is 1. The van der Waals surface area contributed by atoms with Crippen molar-refractivity contribution in [3.05, 3.63) is 33.6 Å². The Morgan fingerprint density at radius 2 is 2.05 bits per heavy atom. The number of rotatable bonds is 3. The Morgan fingerprint density at radius 1 is 1.42 bits per heavy atom. The van der Waals surface area contributed by atoms with Gasteiger partial charge in [-0.25, -0.2) is 13.8 Å². The van der Waals surface area contributed by atoms with Crippen molar-refractivity contribution < 1.29 is 22.5 Å². The topological polar surface area (TPSA) is 71.8 Å². The molecule has 102 valence electrons. The van der Waals surface area contributed by atoms with E-state index in [0.29, 0.717) is 6.07 Å². The summed E-state index contributed by atoms with van der Waals surface area (Å²) in [5.74, 6) is -1.04. The number of alkyl halides is 5. The predicted octanol–water partition coefficient (Wildman–Crippen LogP) is 3.70. The van der Waals surface area contributed by atoms with Gasteiger partial charge in [0.1, 0.15) is 0 Å². The molecule has 0 aliphatic heterocycles. The minimum absolute atomic E-state index is 0.306. The van der Waals surface area contributed by atoms with Crippen molar-refractivity contribution in [1.29, 1.82) is 0 Å². The minimum atomic E-state index is -3.88. The van der Waals surface area contributed by atoms with Crippen LogP contribution in [0.5, 0.6) is 0 Å². The smallest absolute Gasteiger partial charge is 0.336 e. The van der Waals surface area contributed by atoms with Gasteiger partial charge in [-0.15, -0.1) is 0 Å². The summed E-state index contributed by atoms with van der Waals surface area (Å²) in [6.07, 6.45) is -2.98. The fourth-order valence-corrected chi connectivity index (χ4v) is 1.61. The van der Waals surface area contributed by atoms with Gasteiger partial charge in [-0.2, -0.15) is 8.78 Å². The van der Waals surface area contributed by atoms with Gasteiger partial charge in [-0.05, 0) is 17.7 Å². The van der Waals surface area contributed by atoms with Crippen molar-refractivity contribution in [2.45, 2.75) is 11.8 Å². The highest BCUT2D eigenvalue weighted by Crippen LogP contribution is 2.35. The highest BCUT2D eigenvalue weighted by atomic mass is 35.5. The quantitative estimate of drug-likeness (QED) is 0.406. The molecule has 0 aliphatic rings. The van der Waals surface area contributed by atoms with E-state index in [9.17, 15) is 27.7 Å². The van der Waals surface area contributed by atoms with Crippen LogP contribution >= 0.6 is 11.6 Å². The second-order valence-corrected chi connectivity index (χ2v) is 4.05. The van der Waals surface area contributed by atoms with Crippen molar-refractivity contribution in [1.82, 2.24) is 9.97 Å². The summed E-state index contributed by atoms with van der Waals surface area (Å²) in [7, 11) is 0. The number of aromatic nitrogens is 2. The van der Waals surface area contributed by atoms with Crippen LogP contribution in [0.25, 0.3) is 11.0 Å². The van der Waals surface area contributed by atoms with Crippen LogP contribution in [-0.2, 0) is 5.38 Å². The van der Waals surface area contributed by atoms with Gasteiger partial charge in [0.25, 0.3) is 12.1 Å². The molecule has 19 heavy (non-hydrogen) atoms. The SMILES string of the molecule is O=[N+]([O-])c1cc(C(F)F)cc2[nH]c(C(F)(F)Cl)nc12. The van der Waals surface area contributed by atoms with Gasteiger partial charge in [-0.1, -0.05) is 0 Å². The lowest BCUT2D eigenvalue weighted by Crippen LogP contribution is -2.05. The third-order valence-corrected chi connectivity index (χ3v) is 2.48. The lowest BCUT2D eigenvalue weighted by atomic mass is 10.2.